The standard InChI is InChI=1S/C17H32N2O2/c1-5-8-9-10-11-12-19-15(13(4)6-2)16(20)18-14(7-3)17(19)21/h13-15H,5-12H2,1-4H3,(H,18,20). The molecule has 0 spiro atoms. The Labute approximate surface area is 129 Å². The zero-order valence-corrected chi connectivity index (χ0v) is 14.2. The van der Waals surface area contributed by atoms with E-state index in [4.69, 9.17) is 0 Å². The van der Waals surface area contributed by atoms with Crippen LogP contribution in [-0.4, -0.2) is 35.3 Å². The van der Waals surface area contributed by atoms with E-state index in [2.05, 4.69) is 26.1 Å². The Hall–Kier alpha value is -1.06. The number of rotatable bonds is 9. The summed E-state index contributed by atoms with van der Waals surface area (Å²) < 4.78 is 0. The first-order valence-electron chi connectivity index (χ1n) is 8.67. The third kappa shape index (κ3) is 4.72. The summed E-state index contributed by atoms with van der Waals surface area (Å²) in [5.74, 6) is 0.352. The molecule has 0 radical (unpaired) electrons. The second-order valence-corrected chi connectivity index (χ2v) is 6.25. The van der Waals surface area contributed by atoms with E-state index in [1.165, 1.54) is 19.3 Å². The number of amides is 2. The molecule has 0 bridgehead atoms. The summed E-state index contributed by atoms with van der Waals surface area (Å²) in [5.41, 5.74) is 0. The van der Waals surface area contributed by atoms with Gasteiger partial charge in [0.1, 0.15) is 12.1 Å². The maximum absolute atomic E-state index is 12.6. The highest BCUT2D eigenvalue weighted by Gasteiger charge is 2.41. The zero-order chi connectivity index (χ0) is 15.8. The van der Waals surface area contributed by atoms with Gasteiger partial charge in [-0.1, -0.05) is 59.8 Å². The van der Waals surface area contributed by atoms with E-state index in [1.807, 2.05) is 11.8 Å². The molecule has 21 heavy (non-hydrogen) atoms. The molecule has 122 valence electrons. The van der Waals surface area contributed by atoms with Gasteiger partial charge in [-0.05, 0) is 18.8 Å². The number of carbonyl (C=O) groups is 2. The van der Waals surface area contributed by atoms with Crippen molar-refractivity contribution in [1.29, 1.82) is 0 Å². The number of hydrogen-bond donors (Lipinski definition) is 1. The molecule has 4 heteroatoms. The van der Waals surface area contributed by atoms with Gasteiger partial charge >= 0.3 is 0 Å². The fourth-order valence-electron chi connectivity index (χ4n) is 3.00. The summed E-state index contributed by atoms with van der Waals surface area (Å²) in [4.78, 5) is 26.8. The minimum Gasteiger partial charge on any atom is -0.343 e. The van der Waals surface area contributed by atoms with Gasteiger partial charge < -0.3 is 10.2 Å². The van der Waals surface area contributed by atoms with Gasteiger partial charge in [-0.25, -0.2) is 0 Å². The predicted octanol–water partition coefficient (Wildman–Crippen LogP) is 3.11. The molecule has 0 saturated carbocycles. The lowest BCUT2D eigenvalue weighted by Gasteiger charge is -2.41. The van der Waals surface area contributed by atoms with Crippen LogP contribution in [0.4, 0.5) is 0 Å². The van der Waals surface area contributed by atoms with Gasteiger partial charge in [0.25, 0.3) is 0 Å². The quantitative estimate of drug-likeness (QED) is 0.665. The van der Waals surface area contributed by atoms with Crippen molar-refractivity contribution in [2.75, 3.05) is 6.54 Å². The number of nitrogens with zero attached hydrogens (tertiary/aromatic N) is 1. The van der Waals surface area contributed by atoms with Crippen LogP contribution in [0.25, 0.3) is 0 Å². The summed E-state index contributed by atoms with van der Waals surface area (Å²) in [7, 11) is 0. The Bertz CT molecular complexity index is 344. The summed E-state index contributed by atoms with van der Waals surface area (Å²) in [6.07, 6.45) is 7.42. The third-order valence-electron chi connectivity index (χ3n) is 4.60. The van der Waals surface area contributed by atoms with Crippen LogP contribution in [0.2, 0.25) is 0 Å². The molecule has 0 aromatic carbocycles. The lowest BCUT2D eigenvalue weighted by molar-refractivity contribution is -0.151. The molecule has 1 N–H and O–H groups in total. The van der Waals surface area contributed by atoms with Gasteiger partial charge in [0.2, 0.25) is 11.8 Å². The first-order chi connectivity index (χ1) is 10.1. The normalized spacial score (nSPS) is 24.1. The van der Waals surface area contributed by atoms with Crippen LogP contribution in [0.5, 0.6) is 0 Å². The maximum atomic E-state index is 12.6. The Balaban J connectivity index is 2.69. The van der Waals surface area contributed by atoms with Crippen molar-refractivity contribution in [3.05, 3.63) is 0 Å². The van der Waals surface area contributed by atoms with Crippen LogP contribution in [0.3, 0.4) is 0 Å². The molecular weight excluding hydrogens is 264 g/mol. The van der Waals surface area contributed by atoms with Gasteiger partial charge in [-0.2, -0.15) is 0 Å². The van der Waals surface area contributed by atoms with Crippen molar-refractivity contribution >= 4 is 11.8 Å². The molecule has 1 aliphatic heterocycles. The van der Waals surface area contributed by atoms with Gasteiger partial charge in [-0.15, -0.1) is 0 Å². The van der Waals surface area contributed by atoms with E-state index in [0.717, 1.165) is 25.8 Å². The van der Waals surface area contributed by atoms with Crippen molar-refractivity contribution < 1.29 is 9.59 Å². The third-order valence-corrected chi connectivity index (χ3v) is 4.60. The van der Waals surface area contributed by atoms with Crippen LogP contribution < -0.4 is 5.32 Å². The lowest BCUT2D eigenvalue weighted by atomic mass is 9.92. The van der Waals surface area contributed by atoms with Crippen molar-refractivity contribution in [2.24, 2.45) is 5.92 Å². The SMILES string of the molecule is CCCCCCCN1C(=O)C(CC)NC(=O)C1C(C)CC. The number of hydrogen-bond acceptors (Lipinski definition) is 2. The Kier molecular flexibility index (Phi) is 7.76. The number of carbonyl (C=O) groups excluding carboxylic acids is 2. The van der Waals surface area contributed by atoms with Gasteiger partial charge in [0, 0.05) is 6.54 Å². The van der Waals surface area contributed by atoms with E-state index in [0.29, 0.717) is 6.42 Å². The van der Waals surface area contributed by atoms with Crippen LogP contribution in [0.1, 0.15) is 72.6 Å². The van der Waals surface area contributed by atoms with E-state index in [1.54, 1.807) is 0 Å². The van der Waals surface area contributed by atoms with Crippen LogP contribution in [0, 0.1) is 5.92 Å². The molecule has 3 unspecified atom stereocenters. The topological polar surface area (TPSA) is 49.4 Å². The Morgan fingerprint density at radius 2 is 1.76 bits per heavy atom. The van der Waals surface area contributed by atoms with E-state index in [-0.39, 0.29) is 29.8 Å². The van der Waals surface area contributed by atoms with E-state index < -0.39 is 0 Å². The van der Waals surface area contributed by atoms with Gasteiger partial charge in [-0.3, -0.25) is 9.59 Å². The Morgan fingerprint density at radius 3 is 2.33 bits per heavy atom. The highest BCUT2D eigenvalue weighted by Crippen LogP contribution is 2.22. The van der Waals surface area contributed by atoms with Crippen molar-refractivity contribution in [2.45, 2.75) is 84.7 Å². The molecule has 1 aliphatic rings. The minimum atomic E-state index is -0.326. The molecule has 1 saturated heterocycles. The first kappa shape index (κ1) is 18.0. The highest BCUT2D eigenvalue weighted by atomic mass is 16.2. The average Bonchev–Trinajstić information content (AvgIpc) is 2.49. The summed E-state index contributed by atoms with van der Waals surface area (Å²) in [6, 6.07) is -0.607. The fourth-order valence-corrected chi connectivity index (χ4v) is 3.00. The monoisotopic (exact) mass is 296 g/mol. The average molecular weight is 296 g/mol. The number of unbranched alkanes of at least 4 members (excludes halogenated alkanes) is 4. The molecular formula is C17H32N2O2. The number of piperazine rings is 1. The Morgan fingerprint density at radius 1 is 1.10 bits per heavy atom. The van der Waals surface area contributed by atoms with Crippen LogP contribution in [-0.2, 0) is 9.59 Å². The van der Waals surface area contributed by atoms with Gasteiger partial charge in [0.15, 0.2) is 0 Å². The molecule has 3 atom stereocenters. The predicted molar refractivity (Wildman–Crippen MR) is 85.9 cm³/mol. The largest absolute Gasteiger partial charge is 0.343 e. The molecule has 1 fully saturated rings. The van der Waals surface area contributed by atoms with Crippen LogP contribution in [0.15, 0.2) is 0 Å². The summed E-state index contributed by atoms with van der Waals surface area (Å²) >= 11 is 0. The van der Waals surface area contributed by atoms with Crippen LogP contribution >= 0.6 is 0 Å². The molecule has 1 heterocycles. The summed E-state index contributed by atoms with van der Waals surface area (Å²) in [5, 5.41) is 2.89. The van der Waals surface area contributed by atoms with Gasteiger partial charge in [0.05, 0.1) is 0 Å². The van der Waals surface area contributed by atoms with Crippen molar-refractivity contribution in [1.82, 2.24) is 10.2 Å². The van der Waals surface area contributed by atoms with Crippen molar-refractivity contribution in [3.63, 3.8) is 0 Å². The number of nitrogens with one attached hydrogen (secondary N) is 1. The second kappa shape index (κ2) is 9.06. The molecule has 1 rings (SSSR count). The lowest BCUT2D eigenvalue weighted by Crippen LogP contribution is -2.64. The fraction of sp³-hybridized carbons (Fsp3) is 0.882. The second-order valence-electron chi connectivity index (χ2n) is 6.25. The van der Waals surface area contributed by atoms with E-state index >= 15 is 0 Å². The zero-order valence-electron chi connectivity index (χ0n) is 14.2. The van der Waals surface area contributed by atoms with Crippen molar-refractivity contribution in [3.8, 4) is 0 Å². The highest BCUT2D eigenvalue weighted by molar-refractivity contribution is 5.97. The van der Waals surface area contributed by atoms with E-state index in [9.17, 15) is 9.59 Å². The first-order valence-corrected chi connectivity index (χ1v) is 8.67. The molecule has 0 aromatic heterocycles. The molecule has 2 amide bonds. The minimum absolute atomic E-state index is 0.0318. The molecule has 4 nitrogen and oxygen atoms in total. The molecule has 0 aromatic rings. The summed E-state index contributed by atoms with van der Waals surface area (Å²) in [6.45, 7) is 9.01. The molecule has 0 aliphatic carbocycles. The smallest absolute Gasteiger partial charge is 0.245 e. The maximum Gasteiger partial charge on any atom is 0.245 e.